The SMILES string of the molecule is O=C(COC(=O)COc1cccc(Br)c1)Nc1cccc(C(F)(F)F)c1. The predicted octanol–water partition coefficient (Wildman–Crippen LogP) is 4.03. The van der Waals surface area contributed by atoms with Crippen molar-refractivity contribution >= 4 is 33.5 Å². The molecule has 0 heterocycles. The highest BCUT2D eigenvalue weighted by atomic mass is 79.9. The van der Waals surface area contributed by atoms with Gasteiger partial charge in [0.2, 0.25) is 0 Å². The lowest BCUT2D eigenvalue weighted by atomic mass is 10.2. The van der Waals surface area contributed by atoms with Crippen LogP contribution in [-0.2, 0) is 20.5 Å². The molecule has 0 saturated carbocycles. The summed E-state index contributed by atoms with van der Waals surface area (Å²) in [7, 11) is 0. The van der Waals surface area contributed by atoms with Gasteiger partial charge in [0.1, 0.15) is 5.75 Å². The van der Waals surface area contributed by atoms with Crippen molar-refractivity contribution in [3.63, 3.8) is 0 Å². The average molecular weight is 432 g/mol. The number of alkyl halides is 3. The first-order valence-electron chi connectivity index (χ1n) is 7.25. The molecule has 0 saturated heterocycles. The molecule has 0 aromatic heterocycles. The van der Waals surface area contributed by atoms with Crippen LogP contribution in [-0.4, -0.2) is 25.1 Å². The van der Waals surface area contributed by atoms with Crippen molar-refractivity contribution in [2.24, 2.45) is 0 Å². The van der Waals surface area contributed by atoms with E-state index in [1.807, 2.05) is 0 Å². The molecule has 138 valence electrons. The van der Waals surface area contributed by atoms with Crippen molar-refractivity contribution in [3.05, 3.63) is 58.6 Å². The Hall–Kier alpha value is -2.55. The van der Waals surface area contributed by atoms with Gasteiger partial charge in [0, 0.05) is 10.2 Å². The molecule has 5 nitrogen and oxygen atoms in total. The number of halogens is 4. The molecule has 0 unspecified atom stereocenters. The molecular weight excluding hydrogens is 419 g/mol. The van der Waals surface area contributed by atoms with Crippen LogP contribution in [0.15, 0.2) is 53.0 Å². The fourth-order valence-electron chi connectivity index (χ4n) is 1.86. The van der Waals surface area contributed by atoms with E-state index in [1.165, 1.54) is 6.07 Å². The summed E-state index contributed by atoms with van der Waals surface area (Å²) < 4.78 is 48.5. The maximum Gasteiger partial charge on any atom is 0.416 e. The third-order valence-electron chi connectivity index (χ3n) is 2.99. The van der Waals surface area contributed by atoms with Crippen LogP contribution in [0.3, 0.4) is 0 Å². The van der Waals surface area contributed by atoms with E-state index in [1.54, 1.807) is 24.3 Å². The van der Waals surface area contributed by atoms with Crippen LogP contribution in [0.4, 0.5) is 18.9 Å². The fraction of sp³-hybridized carbons (Fsp3) is 0.176. The number of esters is 1. The van der Waals surface area contributed by atoms with E-state index in [0.29, 0.717) is 5.75 Å². The number of anilines is 1. The smallest absolute Gasteiger partial charge is 0.416 e. The molecule has 1 amide bonds. The number of benzene rings is 2. The quantitative estimate of drug-likeness (QED) is 0.701. The minimum atomic E-state index is -4.52. The Bertz CT molecular complexity index is 796. The van der Waals surface area contributed by atoms with E-state index in [9.17, 15) is 22.8 Å². The summed E-state index contributed by atoms with van der Waals surface area (Å²) >= 11 is 3.25. The molecular formula is C17H13BrF3NO4. The summed E-state index contributed by atoms with van der Waals surface area (Å²) in [6.45, 7) is -1.05. The first kappa shape index (κ1) is 19.8. The lowest BCUT2D eigenvalue weighted by molar-refractivity contribution is -0.149. The molecule has 1 N–H and O–H groups in total. The summed E-state index contributed by atoms with van der Waals surface area (Å²) in [5, 5.41) is 2.23. The Labute approximate surface area is 155 Å². The monoisotopic (exact) mass is 431 g/mol. The van der Waals surface area contributed by atoms with Crippen molar-refractivity contribution in [2.45, 2.75) is 6.18 Å². The predicted molar refractivity (Wildman–Crippen MR) is 90.7 cm³/mol. The molecule has 26 heavy (non-hydrogen) atoms. The van der Waals surface area contributed by atoms with Crippen molar-refractivity contribution in [3.8, 4) is 5.75 Å². The molecule has 0 bridgehead atoms. The second-order valence-electron chi connectivity index (χ2n) is 5.03. The van der Waals surface area contributed by atoms with Gasteiger partial charge in [-0.2, -0.15) is 13.2 Å². The minimum Gasteiger partial charge on any atom is -0.482 e. The van der Waals surface area contributed by atoms with Gasteiger partial charge in [-0.3, -0.25) is 4.79 Å². The molecule has 0 aliphatic heterocycles. The zero-order valence-corrected chi connectivity index (χ0v) is 14.8. The number of hydrogen-bond acceptors (Lipinski definition) is 4. The van der Waals surface area contributed by atoms with Gasteiger partial charge in [0.15, 0.2) is 13.2 Å². The summed E-state index contributed by atoms with van der Waals surface area (Å²) in [4.78, 5) is 23.2. The van der Waals surface area contributed by atoms with Gasteiger partial charge >= 0.3 is 12.1 Å². The van der Waals surface area contributed by atoms with Gasteiger partial charge in [0.25, 0.3) is 5.91 Å². The van der Waals surface area contributed by atoms with E-state index in [-0.39, 0.29) is 5.69 Å². The number of carbonyl (C=O) groups is 2. The van der Waals surface area contributed by atoms with Gasteiger partial charge in [-0.05, 0) is 36.4 Å². The standard InChI is InChI=1S/C17H13BrF3NO4/c18-12-4-2-6-14(8-12)25-10-16(24)26-9-15(23)22-13-5-1-3-11(7-13)17(19,20)21/h1-8H,9-10H2,(H,22,23). The summed E-state index contributed by atoms with van der Waals surface area (Å²) in [5.74, 6) is -1.12. The summed E-state index contributed by atoms with van der Waals surface area (Å²) in [6.07, 6.45) is -4.52. The zero-order valence-electron chi connectivity index (χ0n) is 13.2. The van der Waals surface area contributed by atoms with Crippen LogP contribution in [0, 0.1) is 0 Å². The molecule has 0 spiro atoms. The Morgan fingerprint density at radius 1 is 1.04 bits per heavy atom. The normalized spacial score (nSPS) is 10.9. The molecule has 2 rings (SSSR count). The van der Waals surface area contributed by atoms with E-state index in [2.05, 4.69) is 21.2 Å². The zero-order chi connectivity index (χ0) is 19.2. The maximum atomic E-state index is 12.6. The number of carbonyl (C=O) groups excluding carboxylic acids is 2. The Balaban J connectivity index is 1.78. The highest BCUT2D eigenvalue weighted by molar-refractivity contribution is 9.10. The molecule has 0 aliphatic rings. The second kappa shape index (κ2) is 8.70. The molecule has 0 radical (unpaired) electrons. The maximum absolute atomic E-state index is 12.6. The largest absolute Gasteiger partial charge is 0.482 e. The van der Waals surface area contributed by atoms with E-state index in [0.717, 1.165) is 22.7 Å². The number of amides is 1. The van der Waals surface area contributed by atoms with Crippen LogP contribution < -0.4 is 10.1 Å². The van der Waals surface area contributed by atoms with E-state index in [4.69, 9.17) is 9.47 Å². The molecule has 2 aromatic carbocycles. The van der Waals surface area contributed by atoms with Gasteiger partial charge in [0.05, 0.1) is 5.56 Å². The Morgan fingerprint density at radius 2 is 1.77 bits per heavy atom. The van der Waals surface area contributed by atoms with Crippen molar-refractivity contribution in [1.29, 1.82) is 0 Å². The number of hydrogen-bond donors (Lipinski definition) is 1. The topological polar surface area (TPSA) is 64.6 Å². The van der Waals surface area contributed by atoms with Gasteiger partial charge in [-0.1, -0.05) is 28.1 Å². The lowest BCUT2D eigenvalue weighted by Gasteiger charge is -2.10. The molecule has 2 aromatic rings. The van der Waals surface area contributed by atoms with Crippen LogP contribution in [0.2, 0.25) is 0 Å². The van der Waals surface area contributed by atoms with Crippen molar-refractivity contribution in [2.75, 3.05) is 18.5 Å². The van der Waals surface area contributed by atoms with Gasteiger partial charge in [-0.25, -0.2) is 4.79 Å². The highest BCUT2D eigenvalue weighted by Gasteiger charge is 2.30. The van der Waals surface area contributed by atoms with Crippen LogP contribution in [0.25, 0.3) is 0 Å². The molecule has 9 heteroatoms. The highest BCUT2D eigenvalue weighted by Crippen LogP contribution is 2.30. The van der Waals surface area contributed by atoms with Crippen molar-refractivity contribution < 1.29 is 32.2 Å². The van der Waals surface area contributed by atoms with Gasteiger partial charge < -0.3 is 14.8 Å². The van der Waals surface area contributed by atoms with Crippen molar-refractivity contribution in [1.82, 2.24) is 0 Å². The van der Waals surface area contributed by atoms with E-state index >= 15 is 0 Å². The Kier molecular flexibility index (Phi) is 6.62. The first-order valence-corrected chi connectivity index (χ1v) is 8.04. The first-order chi connectivity index (χ1) is 12.2. The second-order valence-corrected chi connectivity index (χ2v) is 5.95. The molecule has 0 atom stereocenters. The average Bonchev–Trinajstić information content (AvgIpc) is 2.58. The third kappa shape index (κ3) is 6.40. The van der Waals surface area contributed by atoms with Crippen LogP contribution in [0.5, 0.6) is 5.75 Å². The minimum absolute atomic E-state index is 0.0498. The fourth-order valence-corrected chi connectivity index (χ4v) is 2.24. The lowest BCUT2D eigenvalue weighted by Crippen LogP contribution is -2.23. The number of rotatable bonds is 6. The number of ether oxygens (including phenoxy) is 2. The summed E-state index contributed by atoms with van der Waals surface area (Å²) in [6, 6.07) is 10.9. The van der Waals surface area contributed by atoms with E-state index < -0.39 is 36.8 Å². The molecule has 0 fully saturated rings. The number of nitrogens with one attached hydrogen (secondary N) is 1. The molecule has 0 aliphatic carbocycles. The summed E-state index contributed by atoms with van der Waals surface area (Å²) in [5.41, 5.74) is -0.944. The van der Waals surface area contributed by atoms with Crippen LogP contribution in [0.1, 0.15) is 5.56 Å². The van der Waals surface area contributed by atoms with Gasteiger partial charge in [-0.15, -0.1) is 0 Å². The third-order valence-corrected chi connectivity index (χ3v) is 3.48. The van der Waals surface area contributed by atoms with Crippen LogP contribution >= 0.6 is 15.9 Å². The Morgan fingerprint density at radius 3 is 2.46 bits per heavy atom.